The van der Waals surface area contributed by atoms with Crippen LogP contribution in [0.5, 0.6) is 0 Å². The zero-order valence-electron chi connectivity index (χ0n) is 13.0. The highest BCUT2D eigenvalue weighted by atomic mass is 16.2. The van der Waals surface area contributed by atoms with E-state index < -0.39 is 0 Å². The fourth-order valence-electron chi connectivity index (χ4n) is 3.45. The quantitative estimate of drug-likeness (QED) is 0.649. The van der Waals surface area contributed by atoms with Crippen molar-refractivity contribution >= 4 is 11.8 Å². The number of fused-ring (bicyclic) bond motifs is 1. The van der Waals surface area contributed by atoms with Crippen molar-refractivity contribution in [3.05, 3.63) is 35.4 Å². The molecule has 0 unspecified atom stereocenters. The Kier molecular flexibility index (Phi) is 4.88. The number of nitrogens with one attached hydrogen (secondary N) is 1. The van der Waals surface area contributed by atoms with E-state index in [9.17, 15) is 9.59 Å². The zero-order valence-corrected chi connectivity index (χ0v) is 13.0. The van der Waals surface area contributed by atoms with Crippen LogP contribution >= 0.6 is 0 Å². The van der Waals surface area contributed by atoms with E-state index in [0.717, 1.165) is 19.4 Å². The molecule has 1 heterocycles. The first-order chi connectivity index (χ1) is 10.8. The van der Waals surface area contributed by atoms with Crippen molar-refractivity contribution < 1.29 is 9.59 Å². The van der Waals surface area contributed by atoms with E-state index in [4.69, 9.17) is 0 Å². The Labute approximate surface area is 131 Å². The lowest BCUT2D eigenvalue weighted by Crippen LogP contribution is -2.33. The lowest BCUT2D eigenvalue weighted by molar-refractivity contribution is 0.0651. The molecule has 2 aliphatic rings. The molecule has 1 aromatic carbocycles. The highest BCUT2D eigenvalue weighted by Gasteiger charge is 2.34. The summed E-state index contributed by atoms with van der Waals surface area (Å²) in [7, 11) is 0. The Bertz CT molecular complexity index is 515. The molecule has 1 saturated carbocycles. The maximum absolute atomic E-state index is 12.2. The van der Waals surface area contributed by atoms with Crippen LogP contribution in [0.3, 0.4) is 0 Å². The number of imide groups is 1. The maximum atomic E-state index is 12.2. The standard InChI is InChI=1S/C18H24N2O2/c21-17-15-10-4-5-11-16(15)18(22)20(17)13-7-6-12-19-14-8-2-1-3-9-14/h4-5,10-11,14,19H,1-3,6-9,12-13H2. The van der Waals surface area contributed by atoms with Crippen molar-refractivity contribution in [1.29, 1.82) is 0 Å². The Balaban J connectivity index is 1.41. The lowest BCUT2D eigenvalue weighted by Gasteiger charge is -2.23. The molecule has 0 aromatic heterocycles. The van der Waals surface area contributed by atoms with Gasteiger partial charge in [0.15, 0.2) is 0 Å². The number of nitrogens with zero attached hydrogens (tertiary/aromatic N) is 1. The summed E-state index contributed by atoms with van der Waals surface area (Å²) in [6.45, 7) is 1.51. The van der Waals surface area contributed by atoms with Crippen LogP contribution in [0.4, 0.5) is 0 Å². The van der Waals surface area contributed by atoms with Gasteiger partial charge in [0.05, 0.1) is 11.1 Å². The van der Waals surface area contributed by atoms with E-state index in [0.29, 0.717) is 23.7 Å². The number of carbonyl (C=O) groups is 2. The van der Waals surface area contributed by atoms with Gasteiger partial charge in [-0.1, -0.05) is 31.4 Å². The molecule has 0 bridgehead atoms. The van der Waals surface area contributed by atoms with Gasteiger partial charge in [0.1, 0.15) is 0 Å². The van der Waals surface area contributed by atoms with E-state index in [1.54, 1.807) is 12.1 Å². The van der Waals surface area contributed by atoms with Crippen LogP contribution in [0, 0.1) is 0 Å². The lowest BCUT2D eigenvalue weighted by atomic mass is 9.95. The van der Waals surface area contributed by atoms with Crippen molar-refractivity contribution in [2.75, 3.05) is 13.1 Å². The Morgan fingerprint density at radius 1 is 0.955 bits per heavy atom. The SMILES string of the molecule is O=C1c2ccccc2C(=O)N1CCCCNC1CCCCC1. The zero-order chi connectivity index (χ0) is 15.4. The van der Waals surface area contributed by atoms with Gasteiger partial charge in [0.25, 0.3) is 11.8 Å². The third-order valence-electron chi connectivity index (χ3n) is 4.72. The van der Waals surface area contributed by atoms with Gasteiger partial charge in [-0.3, -0.25) is 14.5 Å². The number of benzene rings is 1. The summed E-state index contributed by atoms with van der Waals surface area (Å²) in [5.74, 6) is -0.276. The molecule has 0 spiro atoms. The summed E-state index contributed by atoms with van der Waals surface area (Å²) in [6, 6.07) is 7.76. The molecule has 1 N–H and O–H groups in total. The maximum Gasteiger partial charge on any atom is 0.261 e. The topological polar surface area (TPSA) is 49.4 Å². The molecule has 4 heteroatoms. The van der Waals surface area contributed by atoms with Gasteiger partial charge in [-0.05, 0) is 44.4 Å². The summed E-state index contributed by atoms with van der Waals surface area (Å²) in [5, 5.41) is 3.60. The molecule has 0 radical (unpaired) electrons. The number of hydrogen-bond donors (Lipinski definition) is 1. The van der Waals surface area contributed by atoms with Crippen molar-refractivity contribution in [3.63, 3.8) is 0 Å². The first kappa shape index (κ1) is 15.2. The first-order valence-electron chi connectivity index (χ1n) is 8.46. The molecule has 3 rings (SSSR count). The fraction of sp³-hybridized carbons (Fsp3) is 0.556. The van der Waals surface area contributed by atoms with Crippen LogP contribution in [0.2, 0.25) is 0 Å². The highest BCUT2D eigenvalue weighted by Crippen LogP contribution is 2.22. The molecule has 1 aliphatic heterocycles. The summed E-state index contributed by atoms with van der Waals surface area (Å²) < 4.78 is 0. The molecule has 118 valence electrons. The van der Waals surface area contributed by atoms with Crippen LogP contribution in [-0.2, 0) is 0 Å². The van der Waals surface area contributed by atoms with E-state index >= 15 is 0 Å². The normalized spacial score (nSPS) is 18.8. The molecule has 2 amide bonds. The van der Waals surface area contributed by atoms with Crippen LogP contribution in [0.1, 0.15) is 65.7 Å². The highest BCUT2D eigenvalue weighted by molar-refractivity contribution is 6.21. The molecule has 4 nitrogen and oxygen atoms in total. The predicted molar refractivity (Wildman–Crippen MR) is 85.9 cm³/mol. The van der Waals surface area contributed by atoms with E-state index in [1.807, 2.05) is 12.1 Å². The largest absolute Gasteiger partial charge is 0.314 e. The molecule has 0 atom stereocenters. The number of hydrogen-bond acceptors (Lipinski definition) is 3. The molecule has 1 aliphatic carbocycles. The van der Waals surface area contributed by atoms with Gasteiger partial charge in [-0.25, -0.2) is 0 Å². The summed E-state index contributed by atoms with van der Waals surface area (Å²) in [6.07, 6.45) is 8.50. The van der Waals surface area contributed by atoms with Gasteiger partial charge in [-0.15, -0.1) is 0 Å². The first-order valence-corrected chi connectivity index (χ1v) is 8.46. The second-order valence-electron chi connectivity index (χ2n) is 6.30. The van der Waals surface area contributed by atoms with Crippen LogP contribution in [-0.4, -0.2) is 35.8 Å². The van der Waals surface area contributed by atoms with Crippen molar-refractivity contribution in [2.45, 2.75) is 51.0 Å². The fourth-order valence-corrected chi connectivity index (χ4v) is 3.45. The average molecular weight is 300 g/mol. The van der Waals surface area contributed by atoms with Gasteiger partial charge >= 0.3 is 0 Å². The van der Waals surface area contributed by atoms with E-state index in [1.165, 1.54) is 37.0 Å². The van der Waals surface area contributed by atoms with Gasteiger partial charge in [0, 0.05) is 12.6 Å². The van der Waals surface area contributed by atoms with E-state index in [2.05, 4.69) is 5.32 Å². The molecular formula is C18H24N2O2. The Morgan fingerprint density at radius 3 is 2.23 bits per heavy atom. The third kappa shape index (κ3) is 3.22. The molecule has 1 aromatic rings. The monoisotopic (exact) mass is 300 g/mol. The molecule has 0 saturated heterocycles. The average Bonchev–Trinajstić information content (AvgIpc) is 2.81. The number of rotatable bonds is 6. The predicted octanol–water partition coefficient (Wildman–Crippen LogP) is 2.99. The minimum Gasteiger partial charge on any atom is -0.314 e. The molecule has 1 fully saturated rings. The Morgan fingerprint density at radius 2 is 1.59 bits per heavy atom. The number of unbranched alkanes of at least 4 members (excludes halogenated alkanes) is 1. The second kappa shape index (κ2) is 7.05. The summed E-state index contributed by atoms with van der Waals surface area (Å²) in [4.78, 5) is 25.8. The smallest absolute Gasteiger partial charge is 0.261 e. The second-order valence-corrected chi connectivity index (χ2v) is 6.30. The van der Waals surface area contributed by atoms with Gasteiger partial charge in [0.2, 0.25) is 0 Å². The molecular weight excluding hydrogens is 276 g/mol. The van der Waals surface area contributed by atoms with Gasteiger partial charge in [-0.2, -0.15) is 0 Å². The summed E-state index contributed by atoms with van der Waals surface area (Å²) >= 11 is 0. The van der Waals surface area contributed by atoms with E-state index in [-0.39, 0.29) is 11.8 Å². The number of amides is 2. The van der Waals surface area contributed by atoms with Crippen molar-refractivity contribution in [3.8, 4) is 0 Å². The minimum absolute atomic E-state index is 0.138. The van der Waals surface area contributed by atoms with Crippen LogP contribution in [0.15, 0.2) is 24.3 Å². The van der Waals surface area contributed by atoms with Crippen molar-refractivity contribution in [2.24, 2.45) is 0 Å². The van der Waals surface area contributed by atoms with Crippen LogP contribution in [0.25, 0.3) is 0 Å². The summed E-state index contributed by atoms with van der Waals surface area (Å²) in [5.41, 5.74) is 1.10. The van der Waals surface area contributed by atoms with Crippen molar-refractivity contribution in [1.82, 2.24) is 10.2 Å². The Hall–Kier alpha value is -1.68. The molecule has 22 heavy (non-hydrogen) atoms. The minimum atomic E-state index is -0.138. The van der Waals surface area contributed by atoms with Crippen LogP contribution < -0.4 is 5.32 Å². The van der Waals surface area contributed by atoms with Gasteiger partial charge < -0.3 is 5.32 Å². The third-order valence-corrected chi connectivity index (χ3v) is 4.72. The number of carbonyl (C=O) groups excluding carboxylic acids is 2.